The van der Waals surface area contributed by atoms with Crippen molar-refractivity contribution in [2.45, 2.75) is 38.0 Å². The van der Waals surface area contributed by atoms with Crippen LogP contribution in [0.1, 0.15) is 38.2 Å². The van der Waals surface area contributed by atoms with Gasteiger partial charge in [-0.15, -0.1) is 0 Å². The molecule has 0 bridgehead atoms. The summed E-state index contributed by atoms with van der Waals surface area (Å²) in [6.07, 6.45) is 7.62. The molecule has 0 spiro atoms. The third-order valence-electron chi connectivity index (χ3n) is 4.63. The van der Waals surface area contributed by atoms with Crippen molar-refractivity contribution in [3.63, 3.8) is 0 Å². The Morgan fingerprint density at radius 3 is 2.27 bits per heavy atom. The van der Waals surface area contributed by atoms with Gasteiger partial charge in [-0.2, -0.15) is 0 Å². The van der Waals surface area contributed by atoms with Crippen LogP contribution in [0.25, 0.3) is 11.1 Å². The van der Waals surface area contributed by atoms with E-state index < -0.39 is 0 Å². The van der Waals surface area contributed by atoms with Gasteiger partial charge >= 0.3 is 0 Å². The van der Waals surface area contributed by atoms with Crippen molar-refractivity contribution in [2.24, 2.45) is 0 Å². The second-order valence-corrected chi connectivity index (χ2v) is 6.00. The topological polar surface area (TPSA) is 42.0 Å². The van der Waals surface area contributed by atoms with Crippen molar-refractivity contribution in [3.8, 4) is 11.1 Å². The van der Waals surface area contributed by atoms with Gasteiger partial charge in [0, 0.05) is 18.9 Å². The summed E-state index contributed by atoms with van der Waals surface area (Å²) < 4.78 is 0. The third-order valence-corrected chi connectivity index (χ3v) is 4.63. The lowest BCUT2D eigenvalue weighted by Gasteiger charge is -2.40. The Bertz CT molecular complexity index is 630. The van der Waals surface area contributed by atoms with Crippen LogP contribution >= 0.6 is 0 Å². The van der Waals surface area contributed by atoms with Crippen molar-refractivity contribution in [2.75, 3.05) is 6.54 Å². The number of amides is 1. The fraction of sp³-hybridized carbons (Fsp3) is 0.368. The summed E-state index contributed by atoms with van der Waals surface area (Å²) in [7, 11) is 0. The molecule has 1 heterocycles. The quantitative estimate of drug-likeness (QED) is 0.913. The summed E-state index contributed by atoms with van der Waals surface area (Å²) in [6.45, 7) is 2.84. The summed E-state index contributed by atoms with van der Waals surface area (Å²) >= 11 is 0. The van der Waals surface area contributed by atoms with Crippen LogP contribution < -0.4 is 5.32 Å². The summed E-state index contributed by atoms with van der Waals surface area (Å²) in [5, 5.41) is 3.07. The van der Waals surface area contributed by atoms with Crippen LogP contribution in [-0.4, -0.2) is 17.4 Å². The highest BCUT2D eigenvalue weighted by Crippen LogP contribution is 2.44. The molecule has 0 saturated heterocycles. The molecule has 1 aliphatic carbocycles. The lowest BCUT2D eigenvalue weighted by atomic mass is 9.63. The SMILES string of the molecule is CCCNC(=O)C1(c2ccc(-c3ccncc3)cc2)CCC1. The number of hydrogen-bond donors (Lipinski definition) is 1. The molecule has 1 amide bonds. The smallest absolute Gasteiger partial charge is 0.230 e. The molecule has 1 aromatic heterocycles. The maximum Gasteiger partial charge on any atom is 0.230 e. The second kappa shape index (κ2) is 6.30. The molecule has 1 aliphatic rings. The monoisotopic (exact) mass is 294 g/mol. The molecule has 3 rings (SSSR count). The molecule has 1 saturated carbocycles. The minimum atomic E-state index is -0.300. The Morgan fingerprint density at radius 2 is 1.73 bits per heavy atom. The third kappa shape index (κ3) is 2.63. The first kappa shape index (κ1) is 14.8. The number of carbonyl (C=O) groups excluding carboxylic acids is 1. The maximum atomic E-state index is 12.5. The van der Waals surface area contributed by atoms with E-state index in [1.165, 1.54) is 0 Å². The van der Waals surface area contributed by atoms with Crippen LogP contribution in [0, 0.1) is 0 Å². The van der Waals surface area contributed by atoms with Crippen molar-refractivity contribution in [3.05, 3.63) is 54.4 Å². The Balaban J connectivity index is 1.83. The van der Waals surface area contributed by atoms with Gasteiger partial charge in [-0.3, -0.25) is 9.78 Å². The van der Waals surface area contributed by atoms with Gasteiger partial charge in [0.1, 0.15) is 0 Å². The molecule has 0 radical (unpaired) electrons. The zero-order valence-electron chi connectivity index (χ0n) is 13.0. The highest BCUT2D eigenvalue weighted by atomic mass is 16.2. The second-order valence-electron chi connectivity index (χ2n) is 6.00. The van der Waals surface area contributed by atoms with Crippen LogP contribution in [-0.2, 0) is 10.2 Å². The normalized spacial score (nSPS) is 15.9. The van der Waals surface area contributed by atoms with E-state index in [-0.39, 0.29) is 11.3 Å². The average molecular weight is 294 g/mol. The van der Waals surface area contributed by atoms with E-state index in [1.807, 2.05) is 12.1 Å². The minimum Gasteiger partial charge on any atom is -0.355 e. The summed E-state index contributed by atoms with van der Waals surface area (Å²) in [6, 6.07) is 12.4. The zero-order chi connectivity index (χ0) is 15.4. The molecule has 1 fully saturated rings. The van der Waals surface area contributed by atoms with Crippen LogP contribution in [0.2, 0.25) is 0 Å². The van der Waals surface area contributed by atoms with Gasteiger partial charge < -0.3 is 5.32 Å². The van der Waals surface area contributed by atoms with E-state index in [0.717, 1.165) is 48.9 Å². The number of rotatable bonds is 5. The summed E-state index contributed by atoms with van der Waals surface area (Å²) in [5.74, 6) is 0.192. The van der Waals surface area contributed by atoms with Crippen LogP contribution in [0.5, 0.6) is 0 Å². The Kier molecular flexibility index (Phi) is 4.23. The van der Waals surface area contributed by atoms with Crippen molar-refractivity contribution < 1.29 is 4.79 Å². The molecule has 0 unspecified atom stereocenters. The molecule has 2 aromatic rings. The van der Waals surface area contributed by atoms with E-state index in [4.69, 9.17) is 0 Å². The number of benzene rings is 1. The molecule has 22 heavy (non-hydrogen) atoms. The molecule has 3 heteroatoms. The largest absolute Gasteiger partial charge is 0.355 e. The van der Waals surface area contributed by atoms with Crippen LogP contribution in [0.4, 0.5) is 0 Å². The predicted molar refractivity (Wildman–Crippen MR) is 88.5 cm³/mol. The number of nitrogens with one attached hydrogen (secondary N) is 1. The molecular formula is C19H22N2O. The molecule has 0 aliphatic heterocycles. The van der Waals surface area contributed by atoms with Gasteiger partial charge in [0.05, 0.1) is 5.41 Å². The number of carbonyl (C=O) groups is 1. The van der Waals surface area contributed by atoms with E-state index >= 15 is 0 Å². The minimum absolute atomic E-state index is 0.192. The van der Waals surface area contributed by atoms with Gasteiger partial charge in [0.15, 0.2) is 0 Å². The van der Waals surface area contributed by atoms with Crippen molar-refractivity contribution in [1.29, 1.82) is 0 Å². The van der Waals surface area contributed by atoms with E-state index in [9.17, 15) is 4.79 Å². The number of aromatic nitrogens is 1. The fourth-order valence-corrected chi connectivity index (χ4v) is 3.11. The zero-order valence-corrected chi connectivity index (χ0v) is 13.0. The number of nitrogens with zero attached hydrogens (tertiary/aromatic N) is 1. The van der Waals surface area contributed by atoms with E-state index in [1.54, 1.807) is 12.4 Å². The molecule has 3 nitrogen and oxygen atoms in total. The number of hydrogen-bond acceptors (Lipinski definition) is 2. The highest BCUT2D eigenvalue weighted by molar-refractivity contribution is 5.89. The van der Waals surface area contributed by atoms with E-state index in [2.05, 4.69) is 41.5 Å². The predicted octanol–water partition coefficient (Wildman–Crippen LogP) is 3.70. The lowest BCUT2D eigenvalue weighted by Crippen LogP contribution is -2.49. The lowest BCUT2D eigenvalue weighted by molar-refractivity contribution is -0.129. The molecule has 1 aromatic carbocycles. The maximum absolute atomic E-state index is 12.5. The van der Waals surface area contributed by atoms with E-state index in [0.29, 0.717) is 0 Å². The summed E-state index contributed by atoms with van der Waals surface area (Å²) in [5.41, 5.74) is 3.16. The van der Waals surface area contributed by atoms with Crippen molar-refractivity contribution in [1.82, 2.24) is 10.3 Å². The molecule has 0 atom stereocenters. The summed E-state index contributed by atoms with van der Waals surface area (Å²) in [4.78, 5) is 16.6. The van der Waals surface area contributed by atoms with Gasteiger partial charge in [0.25, 0.3) is 0 Å². The Labute approximate surface area is 131 Å². The molecule has 1 N–H and O–H groups in total. The standard InChI is InChI=1S/C19H22N2O/c1-2-12-21-18(22)19(10-3-11-19)17-6-4-15(5-7-17)16-8-13-20-14-9-16/h4-9,13-14H,2-3,10-12H2,1H3,(H,21,22). The van der Waals surface area contributed by atoms with Gasteiger partial charge in [-0.05, 0) is 48.1 Å². The molecule has 114 valence electrons. The first-order chi connectivity index (χ1) is 10.8. The first-order valence-electron chi connectivity index (χ1n) is 8.05. The highest BCUT2D eigenvalue weighted by Gasteiger charge is 2.45. The van der Waals surface area contributed by atoms with Gasteiger partial charge in [0.2, 0.25) is 5.91 Å². The van der Waals surface area contributed by atoms with Crippen molar-refractivity contribution >= 4 is 5.91 Å². The van der Waals surface area contributed by atoms with Gasteiger partial charge in [-0.1, -0.05) is 37.6 Å². The van der Waals surface area contributed by atoms with Gasteiger partial charge in [-0.25, -0.2) is 0 Å². The number of pyridine rings is 1. The first-order valence-corrected chi connectivity index (χ1v) is 8.05. The molecular weight excluding hydrogens is 272 g/mol. The fourth-order valence-electron chi connectivity index (χ4n) is 3.11. The van der Waals surface area contributed by atoms with Crippen LogP contribution in [0.15, 0.2) is 48.8 Å². The Morgan fingerprint density at radius 1 is 1.09 bits per heavy atom. The average Bonchev–Trinajstić information content (AvgIpc) is 2.53. The van der Waals surface area contributed by atoms with Crippen LogP contribution in [0.3, 0.4) is 0 Å². The Hall–Kier alpha value is -2.16.